The van der Waals surface area contributed by atoms with Crippen LogP contribution in [-0.2, 0) is 12.8 Å². The van der Waals surface area contributed by atoms with Crippen LogP contribution in [0, 0.1) is 0 Å². The van der Waals surface area contributed by atoms with Gasteiger partial charge in [-0.25, -0.2) is 9.97 Å². The third-order valence-electron chi connectivity index (χ3n) is 4.59. The Kier molecular flexibility index (Phi) is 3.25. The third-order valence-corrected chi connectivity index (χ3v) is 4.59. The summed E-state index contributed by atoms with van der Waals surface area (Å²) in [6, 6.07) is 0. The number of aromatic nitrogens is 4. The lowest BCUT2D eigenvalue weighted by Crippen LogP contribution is -2.24. The van der Waals surface area contributed by atoms with E-state index in [1.54, 1.807) is 18.7 Å². The fourth-order valence-corrected chi connectivity index (χ4v) is 3.49. The van der Waals surface area contributed by atoms with Crippen LogP contribution in [0.3, 0.4) is 0 Å². The van der Waals surface area contributed by atoms with Crippen molar-refractivity contribution in [2.45, 2.75) is 38.0 Å². The number of anilines is 1. The average Bonchev–Trinajstić information content (AvgIpc) is 3.05. The fraction of sp³-hybridized carbons (Fsp3) is 0.500. The number of hydrogen-bond acceptors (Lipinski definition) is 5. The summed E-state index contributed by atoms with van der Waals surface area (Å²) in [6.07, 6.45) is 13.0. The summed E-state index contributed by atoms with van der Waals surface area (Å²) < 4.78 is 0. The molecule has 1 fully saturated rings. The molecule has 108 valence electrons. The van der Waals surface area contributed by atoms with Crippen LogP contribution in [-0.4, -0.2) is 33.0 Å². The van der Waals surface area contributed by atoms with Crippen molar-refractivity contribution in [3.8, 4) is 0 Å². The molecule has 2 aromatic heterocycles. The highest BCUT2D eigenvalue weighted by Gasteiger charge is 2.28. The van der Waals surface area contributed by atoms with Gasteiger partial charge in [-0.05, 0) is 32.1 Å². The standard InChI is InChI=1S/C16H19N5/c1-2-4-14-13(3-1)16(20-11-19-14)21-8-5-12(10-21)15-9-17-6-7-18-15/h6-7,9,11-12H,1-5,8,10H2. The van der Waals surface area contributed by atoms with E-state index in [1.807, 2.05) is 6.20 Å². The first-order valence-electron chi connectivity index (χ1n) is 7.75. The zero-order valence-corrected chi connectivity index (χ0v) is 12.1. The Morgan fingerprint density at radius 1 is 1.05 bits per heavy atom. The highest BCUT2D eigenvalue weighted by molar-refractivity contribution is 5.51. The van der Waals surface area contributed by atoms with Crippen molar-refractivity contribution in [3.05, 3.63) is 41.9 Å². The van der Waals surface area contributed by atoms with E-state index in [0.717, 1.165) is 43.9 Å². The maximum Gasteiger partial charge on any atom is 0.135 e. The van der Waals surface area contributed by atoms with E-state index in [1.165, 1.54) is 24.1 Å². The van der Waals surface area contributed by atoms with Crippen LogP contribution in [0.1, 0.15) is 42.1 Å². The molecule has 5 heteroatoms. The minimum absolute atomic E-state index is 0.466. The van der Waals surface area contributed by atoms with Crippen LogP contribution in [0.5, 0.6) is 0 Å². The summed E-state index contributed by atoms with van der Waals surface area (Å²) in [5.41, 5.74) is 3.74. The van der Waals surface area contributed by atoms with Gasteiger partial charge in [-0.2, -0.15) is 0 Å². The molecule has 4 rings (SSSR count). The van der Waals surface area contributed by atoms with Gasteiger partial charge in [0.25, 0.3) is 0 Å². The third kappa shape index (κ3) is 2.37. The van der Waals surface area contributed by atoms with Crippen molar-refractivity contribution in [1.82, 2.24) is 19.9 Å². The number of rotatable bonds is 2. The molecule has 1 aliphatic heterocycles. The maximum absolute atomic E-state index is 4.58. The first-order chi connectivity index (χ1) is 10.4. The number of hydrogen-bond donors (Lipinski definition) is 0. The molecule has 1 atom stereocenters. The second kappa shape index (κ2) is 5.39. The van der Waals surface area contributed by atoms with Crippen LogP contribution >= 0.6 is 0 Å². The summed E-state index contributed by atoms with van der Waals surface area (Å²) in [5, 5.41) is 0. The topological polar surface area (TPSA) is 54.8 Å². The summed E-state index contributed by atoms with van der Waals surface area (Å²) >= 11 is 0. The molecule has 1 unspecified atom stereocenters. The van der Waals surface area contributed by atoms with Crippen molar-refractivity contribution in [1.29, 1.82) is 0 Å². The van der Waals surface area contributed by atoms with Crippen LogP contribution in [0.25, 0.3) is 0 Å². The number of aryl methyl sites for hydroxylation is 1. The van der Waals surface area contributed by atoms with E-state index in [-0.39, 0.29) is 0 Å². The SMILES string of the molecule is c1cnc(C2CCN(c3ncnc4c3CCCC4)C2)cn1. The molecular formula is C16H19N5. The molecule has 21 heavy (non-hydrogen) atoms. The van der Waals surface area contributed by atoms with Crippen LogP contribution < -0.4 is 4.90 Å². The van der Waals surface area contributed by atoms with Crippen LogP contribution in [0.15, 0.2) is 24.9 Å². The quantitative estimate of drug-likeness (QED) is 0.844. The molecule has 0 radical (unpaired) electrons. The van der Waals surface area contributed by atoms with E-state index in [4.69, 9.17) is 0 Å². The number of fused-ring (bicyclic) bond motifs is 1. The zero-order valence-electron chi connectivity index (χ0n) is 12.1. The van der Waals surface area contributed by atoms with E-state index < -0.39 is 0 Å². The summed E-state index contributed by atoms with van der Waals surface area (Å²) in [4.78, 5) is 20.1. The van der Waals surface area contributed by atoms with Crippen LogP contribution in [0.4, 0.5) is 5.82 Å². The molecule has 0 amide bonds. The highest BCUT2D eigenvalue weighted by Crippen LogP contribution is 2.33. The number of nitrogens with zero attached hydrogens (tertiary/aromatic N) is 5. The molecular weight excluding hydrogens is 262 g/mol. The molecule has 5 nitrogen and oxygen atoms in total. The molecule has 0 aromatic carbocycles. The minimum atomic E-state index is 0.466. The summed E-state index contributed by atoms with van der Waals surface area (Å²) in [5.74, 6) is 1.62. The zero-order chi connectivity index (χ0) is 14.1. The van der Waals surface area contributed by atoms with Gasteiger partial charge in [0.05, 0.1) is 5.69 Å². The van der Waals surface area contributed by atoms with Crippen molar-refractivity contribution in [3.63, 3.8) is 0 Å². The normalized spacial score (nSPS) is 21.3. The van der Waals surface area contributed by atoms with E-state index in [0.29, 0.717) is 5.92 Å². The van der Waals surface area contributed by atoms with Crippen LogP contribution in [0.2, 0.25) is 0 Å². The lowest BCUT2D eigenvalue weighted by Gasteiger charge is -2.24. The first kappa shape index (κ1) is 12.7. The lowest BCUT2D eigenvalue weighted by molar-refractivity contribution is 0.658. The Morgan fingerprint density at radius 2 is 2.00 bits per heavy atom. The predicted octanol–water partition coefficient (Wildman–Crippen LogP) is 2.14. The van der Waals surface area contributed by atoms with Gasteiger partial charge in [-0.15, -0.1) is 0 Å². The van der Waals surface area contributed by atoms with Gasteiger partial charge in [0.1, 0.15) is 12.1 Å². The van der Waals surface area contributed by atoms with Gasteiger partial charge in [0.15, 0.2) is 0 Å². The van der Waals surface area contributed by atoms with E-state index in [2.05, 4.69) is 24.8 Å². The largest absolute Gasteiger partial charge is 0.356 e. The molecule has 3 heterocycles. The second-order valence-corrected chi connectivity index (χ2v) is 5.89. The molecule has 0 saturated carbocycles. The van der Waals surface area contributed by atoms with Gasteiger partial charge < -0.3 is 4.90 Å². The van der Waals surface area contributed by atoms with Crippen molar-refractivity contribution >= 4 is 5.82 Å². The van der Waals surface area contributed by atoms with Crippen molar-refractivity contribution in [2.75, 3.05) is 18.0 Å². The highest BCUT2D eigenvalue weighted by atomic mass is 15.2. The Labute approximate surface area is 124 Å². The lowest BCUT2D eigenvalue weighted by atomic mass is 9.96. The molecule has 2 aromatic rings. The predicted molar refractivity (Wildman–Crippen MR) is 80.3 cm³/mol. The monoisotopic (exact) mass is 281 g/mol. The van der Waals surface area contributed by atoms with E-state index >= 15 is 0 Å². The molecule has 0 N–H and O–H groups in total. The van der Waals surface area contributed by atoms with Crippen molar-refractivity contribution < 1.29 is 0 Å². The molecule has 0 bridgehead atoms. The summed E-state index contributed by atoms with van der Waals surface area (Å²) in [7, 11) is 0. The molecule has 1 aliphatic carbocycles. The Balaban J connectivity index is 1.59. The smallest absolute Gasteiger partial charge is 0.135 e. The Hall–Kier alpha value is -2.04. The van der Waals surface area contributed by atoms with Gasteiger partial charge in [0.2, 0.25) is 0 Å². The molecule has 1 saturated heterocycles. The van der Waals surface area contributed by atoms with Gasteiger partial charge >= 0.3 is 0 Å². The van der Waals surface area contributed by atoms with Gasteiger partial charge in [0, 0.05) is 48.9 Å². The fourth-order valence-electron chi connectivity index (χ4n) is 3.49. The maximum atomic E-state index is 4.58. The minimum Gasteiger partial charge on any atom is -0.356 e. The van der Waals surface area contributed by atoms with Gasteiger partial charge in [-0.3, -0.25) is 9.97 Å². The van der Waals surface area contributed by atoms with Gasteiger partial charge in [-0.1, -0.05) is 0 Å². The summed E-state index contributed by atoms with van der Waals surface area (Å²) in [6.45, 7) is 2.03. The molecule has 0 spiro atoms. The van der Waals surface area contributed by atoms with Crippen molar-refractivity contribution in [2.24, 2.45) is 0 Å². The Morgan fingerprint density at radius 3 is 2.90 bits per heavy atom. The first-order valence-corrected chi connectivity index (χ1v) is 7.75. The average molecular weight is 281 g/mol. The van der Waals surface area contributed by atoms with E-state index in [9.17, 15) is 0 Å². The Bertz CT molecular complexity index is 628. The molecule has 2 aliphatic rings. The second-order valence-electron chi connectivity index (χ2n) is 5.89.